The van der Waals surface area contributed by atoms with Crippen molar-refractivity contribution in [3.05, 3.63) is 39.4 Å². The van der Waals surface area contributed by atoms with Gasteiger partial charge in [0.1, 0.15) is 0 Å². The zero-order valence-corrected chi connectivity index (χ0v) is 10.3. The van der Waals surface area contributed by atoms with Gasteiger partial charge in [-0.1, -0.05) is 35.0 Å². The smallest absolute Gasteiger partial charge is 0.258 e. The number of rotatable bonds is 5. The van der Waals surface area contributed by atoms with Gasteiger partial charge in [-0.3, -0.25) is 10.1 Å². The molecule has 3 nitrogen and oxygen atoms in total. The molecule has 0 radical (unpaired) electrons. The lowest BCUT2D eigenvalue weighted by molar-refractivity contribution is -0.385. The molecule has 1 rings (SSSR count). The third-order valence-electron chi connectivity index (χ3n) is 2.38. The van der Waals surface area contributed by atoms with E-state index in [9.17, 15) is 10.1 Å². The van der Waals surface area contributed by atoms with Gasteiger partial charge >= 0.3 is 0 Å². The molecule has 0 saturated carbocycles. The molecule has 0 unspecified atom stereocenters. The SMILES string of the molecule is CCc1c(CCCBr)cccc1[N+](=O)[O-]. The second kappa shape index (κ2) is 5.85. The Morgan fingerprint density at radius 2 is 2.20 bits per heavy atom. The minimum absolute atomic E-state index is 0.254. The van der Waals surface area contributed by atoms with Crippen LogP contribution in [0.5, 0.6) is 0 Å². The number of hydrogen-bond donors (Lipinski definition) is 0. The van der Waals surface area contributed by atoms with Gasteiger partial charge in [0.15, 0.2) is 0 Å². The van der Waals surface area contributed by atoms with Gasteiger partial charge in [0, 0.05) is 17.0 Å². The average Bonchev–Trinajstić information content (AvgIpc) is 2.25. The number of nitro benzene ring substituents is 1. The van der Waals surface area contributed by atoms with Gasteiger partial charge in [0.05, 0.1) is 4.92 Å². The maximum absolute atomic E-state index is 10.8. The van der Waals surface area contributed by atoms with Crippen molar-refractivity contribution in [2.75, 3.05) is 5.33 Å². The molecule has 0 aliphatic carbocycles. The maximum atomic E-state index is 10.8. The minimum Gasteiger partial charge on any atom is -0.258 e. The molecule has 0 aromatic heterocycles. The molecule has 0 saturated heterocycles. The Morgan fingerprint density at radius 1 is 1.47 bits per heavy atom. The Morgan fingerprint density at radius 3 is 2.73 bits per heavy atom. The van der Waals surface area contributed by atoms with E-state index in [1.165, 1.54) is 0 Å². The maximum Gasteiger partial charge on any atom is 0.272 e. The summed E-state index contributed by atoms with van der Waals surface area (Å²) in [5.41, 5.74) is 2.24. The summed E-state index contributed by atoms with van der Waals surface area (Å²) in [4.78, 5) is 10.5. The molecule has 0 aliphatic heterocycles. The second-order valence-corrected chi connectivity index (χ2v) is 4.11. The summed E-state index contributed by atoms with van der Waals surface area (Å²) in [5.74, 6) is 0. The number of nitrogens with zero attached hydrogens (tertiary/aromatic N) is 1. The van der Waals surface area contributed by atoms with E-state index in [2.05, 4.69) is 15.9 Å². The van der Waals surface area contributed by atoms with Crippen molar-refractivity contribution in [2.45, 2.75) is 26.2 Å². The molecule has 82 valence electrons. The fraction of sp³-hybridized carbons (Fsp3) is 0.455. The molecule has 0 N–H and O–H groups in total. The van der Waals surface area contributed by atoms with Crippen molar-refractivity contribution in [3.63, 3.8) is 0 Å². The summed E-state index contributed by atoms with van der Waals surface area (Å²) in [6.45, 7) is 1.96. The van der Waals surface area contributed by atoms with Crippen LogP contribution in [0.3, 0.4) is 0 Å². The molecule has 0 heterocycles. The third-order valence-corrected chi connectivity index (χ3v) is 2.94. The monoisotopic (exact) mass is 271 g/mol. The van der Waals surface area contributed by atoms with Gasteiger partial charge < -0.3 is 0 Å². The molecule has 4 heteroatoms. The van der Waals surface area contributed by atoms with Crippen molar-refractivity contribution in [2.24, 2.45) is 0 Å². The first-order valence-corrected chi connectivity index (χ1v) is 6.14. The molecule has 0 spiro atoms. The number of hydrogen-bond acceptors (Lipinski definition) is 2. The van der Waals surface area contributed by atoms with E-state index >= 15 is 0 Å². The lowest BCUT2D eigenvalue weighted by Crippen LogP contribution is -1.99. The average molecular weight is 272 g/mol. The molecule has 1 aromatic carbocycles. The largest absolute Gasteiger partial charge is 0.272 e. The highest BCUT2D eigenvalue weighted by atomic mass is 79.9. The van der Waals surface area contributed by atoms with Crippen LogP contribution in [0.25, 0.3) is 0 Å². The first-order chi connectivity index (χ1) is 7.20. The Hall–Kier alpha value is -0.900. The highest BCUT2D eigenvalue weighted by molar-refractivity contribution is 9.09. The lowest BCUT2D eigenvalue weighted by atomic mass is 9.99. The van der Waals surface area contributed by atoms with Crippen molar-refractivity contribution in [1.82, 2.24) is 0 Å². The second-order valence-electron chi connectivity index (χ2n) is 3.32. The number of alkyl halides is 1. The highest BCUT2D eigenvalue weighted by Gasteiger charge is 2.14. The van der Waals surface area contributed by atoms with E-state index in [4.69, 9.17) is 0 Å². The summed E-state index contributed by atoms with van der Waals surface area (Å²) >= 11 is 3.37. The van der Waals surface area contributed by atoms with Crippen LogP contribution in [0.1, 0.15) is 24.5 Å². The first-order valence-electron chi connectivity index (χ1n) is 5.01. The van der Waals surface area contributed by atoms with Gasteiger partial charge in [0.2, 0.25) is 0 Å². The quantitative estimate of drug-likeness (QED) is 0.468. The summed E-state index contributed by atoms with van der Waals surface area (Å²) in [6, 6.07) is 5.33. The van der Waals surface area contributed by atoms with Crippen molar-refractivity contribution < 1.29 is 4.92 Å². The van der Waals surface area contributed by atoms with Crippen LogP contribution in [-0.2, 0) is 12.8 Å². The Labute approximate surface area is 97.8 Å². The van der Waals surface area contributed by atoms with Crippen molar-refractivity contribution >= 4 is 21.6 Å². The Bertz CT molecular complexity index is 352. The molecule has 0 atom stereocenters. The van der Waals surface area contributed by atoms with Crippen LogP contribution in [0, 0.1) is 10.1 Å². The predicted molar refractivity (Wildman–Crippen MR) is 64.6 cm³/mol. The lowest BCUT2D eigenvalue weighted by Gasteiger charge is -2.07. The number of halogens is 1. The molecule has 0 amide bonds. The van der Waals surface area contributed by atoms with Gasteiger partial charge in [-0.15, -0.1) is 0 Å². The van der Waals surface area contributed by atoms with Gasteiger partial charge in [-0.25, -0.2) is 0 Å². The van der Waals surface area contributed by atoms with E-state index in [1.54, 1.807) is 12.1 Å². The van der Waals surface area contributed by atoms with E-state index in [0.29, 0.717) is 0 Å². The van der Waals surface area contributed by atoms with Crippen LogP contribution in [0.4, 0.5) is 5.69 Å². The zero-order valence-electron chi connectivity index (χ0n) is 8.70. The van der Waals surface area contributed by atoms with Gasteiger partial charge in [0.25, 0.3) is 5.69 Å². The van der Waals surface area contributed by atoms with Gasteiger partial charge in [-0.2, -0.15) is 0 Å². The molecule has 0 fully saturated rings. The van der Waals surface area contributed by atoms with E-state index in [1.807, 2.05) is 13.0 Å². The van der Waals surface area contributed by atoms with Crippen molar-refractivity contribution in [3.8, 4) is 0 Å². The third kappa shape index (κ3) is 3.02. The highest BCUT2D eigenvalue weighted by Crippen LogP contribution is 2.23. The molecular weight excluding hydrogens is 258 g/mol. The van der Waals surface area contributed by atoms with Crippen LogP contribution >= 0.6 is 15.9 Å². The van der Waals surface area contributed by atoms with Crippen LogP contribution in [-0.4, -0.2) is 10.3 Å². The Kier molecular flexibility index (Phi) is 4.75. The van der Waals surface area contributed by atoms with Gasteiger partial charge in [-0.05, 0) is 24.8 Å². The van der Waals surface area contributed by atoms with E-state index < -0.39 is 0 Å². The fourth-order valence-corrected chi connectivity index (χ4v) is 1.97. The number of aryl methyl sites for hydroxylation is 1. The van der Waals surface area contributed by atoms with E-state index in [-0.39, 0.29) is 10.6 Å². The standard InChI is InChI=1S/C11H14BrNO2/c1-2-10-9(6-4-8-12)5-3-7-11(10)13(14)15/h3,5,7H,2,4,6,8H2,1H3. The normalized spacial score (nSPS) is 10.3. The Balaban J connectivity index is 3.04. The number of nitro groups is 1. The summed E-state index contributed by atoms with van der Waals surface area (Å²) in [6.07, 6.45) is 2.62. The molecule has 0 bridgehead atoms. The first kappa shape index (κ1) is 12.2. The molecule has 15 heavy (non-hydrogen) atoms. The summed E-state index contributed by atoms with van der Waals surface area (Å²) in [5, 5.41) is 11.7. The molecule has 1 aromatic rings. The van der Waals surface area contributed by atoms with E-state index in [0.717, 1.165) is 35.7 Å². The van der Waals surface area contributed by atoms with Crippen LogP contribution < -0.4 is 0 Å². The molecular formula is C11H14BrNO2. The fourth-order valence-electron chi connectivity index (χ4n) is 1.69. The molecule has 0 aliphatic rings. The van der Waals surface area contributed by atoms with Crippen LogP contribution in [0.15, 0.2) is 18.2 Å². The van der Waals surface area contributed by atoms with Crippen molar-refractivity contribution in [1.29, 1.82) is 0 Å². The number of benzene rings is 1. The van der Waals surface area contributed by atoms with Crippen LogP contribution in [0.2, 0.25) is 0 Å². The summed E-state index contributed by atoms with van der Waals surface area (Å²) < 4.78 is 0. The topological polar surface area (TPSA) is 43.1 Å². The zero-order chi connectivity index (χ0) is 11.3. The predicted octanol–water partition coefficient (Wildman–Crippen LogP) is 3.48. The summed E-state index contributed by atoms with van der Waals surface area (Å²) in [7, 11) is 0. The minimum atomic E-state index is -0.295.